The summed E-state index contributed by atoms with van der Waals surface area (Å²) in [6, 6.07) is 5.17. The molecule has 8 nitrogen and oxygen atoms in total. The van der Waals surface area contributed by atoms with E-state index in [1.54, 1.807) is 23.4 Å². The van der Waals surface area contributed by atoms with Crippen molar-refractivity contribution in [2.75, 3.05) is 33.3 Å². The Kier molecular flexibility index (Phi) is 6.92. The van der Waals surface area contributed by atoms with Gasteiger partial charge in [0.25, 0.3) is 0 Å². The summed E-state index contributed by atoms with van der Waals surface area (Å²) >= 11 is 0. The van der Waals surface area contributed by atoms with E-state index in [1.807, 2.05) is 29.5 Å². The summed E-state index contributed by atoms with van der Waals surface area (Å²) in [6.07, 6.45) is 2.89. The third-order valence-electron chi connectivity index (χ3n) is 5.18. The van der Waals surface area contributed by atoms with Crippen LogP contribution in [0.25, 0.3) is 11.0 Å². The number of sulfonamides is 1. The van der Waals surface area contributed by atoms with Gasteiger partial charge in [-0.15, -0.1) is 0 Å². The molecule has 0 atom stereocenters. The second-order valence-corrected chi connectivity index (χ2v) is 9.30. The topological polar surface area (TPSA) is 84.7 Å². The van der Waals surface area contributed by atoms with Crippen LogP contribution in [0.2, 0.25) is 0 Å². The fraction of sp³-hybridized carbons (Fsp3) is 0.600. The van der Waals surface area contributed by atoms with E-state index in [2.05, 4.69) is 4.98 Å². The molecule has 2 heterocycles. The van der Waals surface area contributed by atoms with Crippen molar-refractivity contribution in [2.24, 2.45) is 0 Å². The van der Waals surface area contributed by atoms with E-state index in [-0.39, 0.29) is 12.5 Å². The third kappa shape index (κ3) is 4.79. The minimum absolute atomic E-state index is 0.176. The summed E-state index contributed by atoms with van der Waals surface area (Å²) in [5.41, 5.74) is 1.55. The van der Waals surface area contributed by atoms with Crippen LogP contribution >= 0.6 is 0 Å². The van der Waals surface area contributed by atoms with Crippen LogP contribution < -0.4 is 0 Å². The summed E-state index contributed by atoms with van der Waals surface area (Å²) in [5, 5.41) is 0. The number of aromatic nitrogens is 2. The molecule has 2 aromatic rings. The van der Waals surface area contributed by atoms with E-state index < -0.39 is 10.0 Å². The second-order valence-electron chi connectivity index (χ2n) is 7.36. The molecule has 0 bridgehead atoms. The van der Waals surface area contributed by atoms with Crippen molar-refractivity contribution in [3.05, 3.63) is 24.0 Å². The molecule has 0 unspecified atom stereocenters. The van der Waals surface area contributed by atoms with Gasteiger partial charge < -0.3 is 9.30 Å². The quantitative estimate of drug-likeness (QED) is 0.607. The Morgan fingerprint density at radius 2 is 1.93 bits per heavy atom. The molecule has 9 heteroatoms. The highest BCUT2D eigenvalue weighted by Gasteiger charge is 2.26. The molecule has 0 radical (unpaired) electrons. The number of imidazole rings is 1. The van der Waals surface area contributed by atoms with E-state index in [9.17, 15) is 13.2 Å². The van der Waals surface area contributed by atoms with Gasteiger partial charge in [0.2, 0.25) is 10.0 Å². The number of likely N-dealkylation sites (N-methyl/N-ethyl adjacent to an activating group) is 1. The zero-order chi connectivity index (χ0) is 21.0. The fourth-order valence-corrected chi connectivity index (χ4v) is 5.31. The van der Waals surface area contributed by atoms with Gasteiger partial charge in [-0.1, -0.05) is 6.42 Å². The van der Waals surface area contributed by atoms with Crippen LogP contribution in [0.15, 0.2) is 23.1 Å². The molecular formula is C20H30N4O4S. The molecule has 0 amide bonds. The van der Waals surface area contributed by atoms with E-state index in [0.29, 0.717) is 43.2 Å². The lowest BCUT2D eigenvalue weighted by Crippen LogP contribution is -2.35. The van der Waals surface area contributed by atoms with Gasteiger partial charge >= 0.3 is 5.97 Å². The first-order valence-corrected chi connectivity index (χ1v) is 11.6. The number of hydrogen-bond acceptors (Lipinski definition) is 6. The zero-order valence-electron chi connectivity index (χ0n) is 17.4. The van der Waals surface area contributed by atoms with Gasteiger partial charge in [-0.05, 0) is 51.9 Å². The molecule has 0 spiro atoms. The summed E-state index contributed by atoms with van der Waals surface area (Å²) in [4.78, 5) is 18.5. The number of aryl methyl sites for hydroxylation is 1. The van der Waals surface area contributed by atoms with Crippen LogP contribution in [-0.2, 0) is 32.6 Å². The molecule has 160 valence electrons. The molecular weight excluding hydrogens is 392 g/mol. The lowest BCUT2D eigenvalue weighted by atomic mass is 10.2. The van der Waals surface area contributed by atoms with E-state index in [1.165, 1.54) is 0 Å². The molecule has 1 aromatic heterocycles. The van der Waals surface area contributed by atoms with Gasteiger partial charge in [0.15, 0.2) is 0 Å². The monoisotopic (exact) mass is 422 g/mol. The zero-order valence-corrected chi connectivity index (χ0v) is 18.2. The molecule has 1 aliphatic rings. The van der Waals surface area contributed by atoms with Crippen LogP contribution in [0.4, 0.5) is 0 Å². The fourth-order valence-electron chi connectivity index (χ4n) is 3.77. The molecule has 1 aliphatic heterocycles. The summed E-state index contributed by atoms with van der Waals surface area (Å²) in [5.74, 6) is 0.519. The average molecular weight is 423 g/mol. The molecule has 0 aliphatic carbocycles. The van der Waals surface area contributed by atoms with E-state index >= 15 is 0 Å². The molecule has 0 N–H and O–H groups in total. The van der Waals surface area contributed by atoms with Crippen molar-refractivity contribution < 1.29 is 17.9 Å². The lowest BCUT2D eigenvalue weighted by molar-refractivity contribution is -0.144. The molecule has 1 fully saturated rings. The summed E-state index contributed by atoms with van der Waals surface area (Å²) < 4.78 is 34.6. The number of nitrogens with zero attached hydrogens (tertiary/aromatic N) is 4. The Hall–Kier alpha value is -1.97. The maximum Gasteiger partial charge on any atom is 0.320 e. The van der Waals surface area contributed by atoms with Crippen molar-refractivity contribution in [3.63, 3.8) is 0 Å². The number of esters is 1. The second kappa shape index (κ2) is 9.23. The Morgan fingerprint density at radius 1 is 1.21 bits per heavy atom. The third-order valence-corrected chi connectivity index (χ3v) is 7.08. The first kappa shape index (κ1) is 21.7. The first-order valence-electron chi connectivity index (χ1n) is 10.2. The maximum atomic E-state index is 13.0. The Morgan fingerprint density at radius 3 is 2.59 bits per heavy atom. The van der Waals surface area contributed by atoms with Gasteiger partial charge in [0, 0.05) is 19.6 Å². The standard InChI is InChI=1S/C20H30N4O4S/c1-4-24-18-10-9-16(29(26,27)23-11-7-6-8-12-23)13-17(18)21-19(24)14-22(3)15-20(25)28-5-2/h9-10,13H,4-8,11-12,14-15H2,1-3H3. The van der Waals surface area contributed by atoms with Crippen molar-refractivity contribution in [2.45, 2.75) is 51.1 Å². The van der Waals surface area contributed by atoms with Crippen LogP contribution in [0.3, 0.4) is 0 Å². The number of ether oxygens (including phenoxy) is 1. The van der Waals surface area contributed by atoms with Crippen LogP contribution in [-0.4, -0.2) is 66.4 Å². The summed E-state index contributed by atoms with van der Waals surface area (Å²) in [7, 11) is -1.66. The van der Waals surface area contributed by atoms with Crippen molar-refractivity contribution in [1.29, 1.82) is 0 Å². The highest BCUT2D eigenvalue weighted by Crippen LogP contribution is 2.25. The maximum absolute atomic E-state index is 13.0. The van der Waals surface area contributed by atoms with Crippen molar-refractivity contribution in [3.8, 4) is 0 Å². The number of rotatable bonds is 8. The Bertz CT molecular complexity index is 964. The van der Waals surface area contributed by atoms with Crippen LogP contribution in [0.5, 0.6) is 0 Å². The van der Waals surface area contributed by atoms with Crippen LogP contribution in [0.1, 0.15) is 38.9 Å². The molecule has 0 saturated carbocycles. The predicted octanol–water partition coefficient (Wildman–Crippen LogP) is 2.23. The average Bonchev–Trinajstić information content (AvgIpc) is 3.04. The Labute approximate surface area is 172 Å². The predicted molar refractivity (Wildman–Crippen MR) is 111 cm³/mol. The van der Waals surface area contributed by atoms with Crippen LogP contribution in [0, 0.1) is 0 Å². The highest BCUT2D eigenvalue weighted by molar-refractivity contribution is 7.89. The highest BCUT2D eigenvalue weighted by atomic mass is 32.2. The van der Waals surface area contributed by atoms with E-state index in [0.717, 1.165) is 30.6 Å². The minimum Gasteiger partial charge on any atom is -0.465 e. The van der Waals surface area contributed by atoms with Gasteiger partial charge in [-0.3, -0.25) is 9.69 Å². The Balaban J connectivity index is 1.87. The number of carbonyl (C=O) groups excluding carboxylic acids is 1. The number of hydrogen-bond donors (Lipinski definition) is 0. The number of carbonyl (C=O) groups is 1. The van der Waals surface area contributed by atoms with Gasteiger partial charge in [0.05, 0.1) is 35.6 Å². The lowest BCUT2D eigenvalue weighted by Gasteiger charge is -2.25. The number of fused-ring (bicyclic) bond motifs is 1. The van der Waals surface area contributed by atoms with Crippen molar-refractivity contribution in [1.82, 2.24) is 18.8 Å². The molecule has 3 rings (SSSR count). The first-order chi connectivity index (χ1) is 13.9. The van der Waals surface area contributed by atoms with Gasteiger partial charge in [0.1, 0.15) is 5.82 Å². The normalized spacial score (nSPS) is 15.9. The smallest absolute Gasteiger partial charge is 0.320 e. The molecule has 1 aromatic carbocycles. The number of piperidine rings is 1. The largest absolute Gasteiger partial charge is 0.465 e. The van der Waals surface area contributed by atoms with Gasteiger partial charge in [-0.25, -0.2) is 13.4 Å². The summed E-state index contributed by atoms with van der Waals surface area (Å²) in [6.45, 7) is 6.66. The molecule has 1 saturated heterocycles. The van der Waals surface area contributed by atoms with Crippen molar-refractivity contribution >= 4 is 27.0 Å². The minimum atomic E-state index is -3.50. The number of benzene rings is 1. The molecule has 29 heavy (non-hydrogen) atoms. The van der Waals surface area contributed by atoms with Gasteiger partial charge in [-0.2, -0.15) is 4.31 Å². The SMILES string of the molecule is CCOC(=O)CN(C)Cc1nc2cc(S(=O)(=O)N3CCCCC3)ccc2n1CC. The van der Waals surface area contributed by atoms with E-state index in [4.69, 9.17) is 4.74 Å².